The van der Waals surface area contributed by atoms with Crippen molar-refractivity contribution in [3.8, 4) is 0 Å². The molecule has 9 fully saturated rings. The zero-order valence-electron chi connectivity index (χ0n) is 31.0. The van der Waals surface area contributed by atoms with E-state index in [2.05, 4.69) is 42.5 Å². The Bertz CT molecular complexity index is 1850. The molecule has 5 saturated heterocycles. The molecule has 57 heavy (non-hydrogen) atoms. The Hall–Kier alpha value is -0.186. The summed E-state index contributed by atoms with van der Waals surface area (Å²) in [5.41, 5.74) is 0. The fraction of sp³-hybridized carbons (Fsp3) is 1.00. The van der Waals surface area contributed by atoms with Gasteiger partial charge >= 0.3 is 0 Å². The van der Waals surface area contributed by atoms with Gasteiger partial charge in [0.15, 0.2) is 0 Å². The number of hydrogen-bond acceptors (Lipinski definition) is 16. The van der Waals surface area contributed by atoms with E-state index in [9.17, 15) is 51.9 Å². The fourth-order valence-corrected chi connectivity index (χ4v) is 20.7. The van der Waals surface area contributed by atoms with Crippen LogP contribution in [0.3, 0.4) is 0 Å². The smallest absolute Gasteiger partial charge is 0.270 e. The van der Waals surface area contributed by atoms with Crippen molar-refractivity contribution in [2.75, 3.05) is 0 Å². The zero-order chi connectivity index (χ0) is 39.7. The molecule has 4 aliphatic carbocycles. The van der Waals surface area contributed by atoms with Gasteiger partial charge < -0.3 is 0 Å². The molecule has 0 aromatic carbocycles. The van der Waals surface area contributed by atoms with Gasteiger partial charge in [-0.05, 0) is 74.0 Å². The van der Waals surface area contributed by atoms with E-state index >= 15 is 0 Å². The van der Waals surface area contributed by atoms with E-state index in [1.54, 1.807) is 0 Å². The molecule has 5 heterocycles. The molecule has 20 atom stereocenters. The topological polar surface area (TPSA) is 314 Å². The molecular weight excluding hydrogens is 875 g/mol. The van der Waals surface area contributed by atoms with Crippen LogP contribution in [0.4, 0.5) is 0 Å². The SMILES string of the molecule is O=S(=O)(O)C1C2C3NC4NC(NC5NC(NC6NC(NC(N3)C2C(S(=O)(=O)O)C(S(=O)(=O)O)C1S(=O)(=O)O)C1CCCCC61)C1CCCCC51)C1CCCCC41.[Ni]. The molecule has 20 unspecified atom stereocenters. The van der Waals surface area contributed by atoms with Crippen LogP contribution < -0.4 is 42.5 Å². The molecule has 0 spiro atoms. The molecule has 25 heteroatoms. The molecule has 330 valence electrons. The van der Waals surface area contributed by atoms with Gasteiger partial charge in [-0.25, -0.2) is 0 Å². The fourth-order valence-electron chi connectivity index (χ4n) is 13.4. The second-order valence-electron chi connectivity index (χ2n) is 18.1. The van der Waals surface area contributed by atoms with E-state index in [1.165, 1.54) is 0 Å². The Labute approximate surface area is 344 Å². The molecular formula is C32H56N8NiO12S4. The maximum atomic E-state index is 13.4. The summed E-state index contributed by atoms with van der Waals surface area (Å²) in [6.07, 6.45) is 7.44. The van der Waals surface area contributed by atoms with Crippen LogP contribution in [-0.2, 0) is 57.0 Å². The van der Waals surface area contributed by atoms with Gasteiger partial charge in [0, 0.05) is 28.3 Å². The summed E-state index contributed by atoms with van der Waals surface area (Å²) >= 11 is 0. The maximum absolute atomic E-state index is 13.4. The number of hydrogen-bond donors (Lipinski definition) is 12. The summed E-state index contributed by atoms with van der Waals surface area (Å²) in [6, 6.07) is 0. The molecule has 0 aromatic heterocycles. The minimum atomic E-state index is -5.87. The Morgan fingerprint density at radius 3 is 0.667 bits per heavy atom. The number of fused-ring (bicyclic) bond motifs is 20. The average Bonchev–Trinajstić information content (AvgIpc) is 3.84. The van der Waals surface area contributed by atoms with Gasteiger partial charge in [-0.15, -0.1) is 0 Å². The summed E-state index contributed by atoms with van der Waals surface area (Å²) in [6.45, 7) is 0. The Balaban J connectivity index is 0.00000455. The predicted octanol–water partition coefficient (Wildman–Crippen LogP) is -1.93. The first kappa shape index (κ1) is 43.5. The van der Waals surface area contributed by atoms with Crippen LogP contribution in [0.5, 0.6) is 0 Å². The minimum absolute atomic E-state index is 0. The van der Waals surface area contributed by atoms with Gasteiger partial charge in [0.1, 0.15) is 21.0 Å². The second-order valence-corrected chi connectivity index (χ2v) is 24.4. The number of nitrogens with one attached hydrogen (secondary N) is 8. The molecule has 12 N–H and O–H groups in total. The van der Waals surface area contributed by atoms with E-state index in [0.717, 1.165) is 77.0 Å². The van der Waals surface area contributed by atoms with Crippen LogP contribution >= 0.6 is 0 Å². The Morgan fingerprint density at radius 2 is 0.474 bits per heavy atom. The van der Waals surface area contributed by atoms with E-state index in [0.29, 0.717) is 11.8 Å². The van der Waals surface area contributed by atoms with E-state index in [-0.39, 0.29) is 64.8 Å². The van der Waals surface area contributed by atoms with Crippen LogP contribution in [0.2, 0.25) is 0 Å². The van der Waals surface area contributed by atoms with Gasteiger partial charge in [-0.2, -0.15) is 33.7 Å². The van der Waals surface area contributed by atoms with Crippen LogP contribution in [0.25, 0.3) is 0 Å². The quantitative estimate of drug-likeness (QED) is 0.108. The molecule has 20 nitrogen and oxygen atoms in total. The van der Waals surface area contributed by atoms with E-state index in [4.69, 9.17) is 0 Å². The van der Waals surface area contributed by atoms with Crippen molar-refractivity contribution >= 4 is 40.5 Å². The molecule has 4 saturated carbocycles. The Kier molecular flexibility index (Phi) is 11.9. The van der Waals surface area contributed by atoms with Crippen molar-refractivity contribution in [2.45, 2.75) is 147 Å². The van der Waals surface area contributed by atoms with Crippen molar-refractivity contribution in [1.82, 2.24) is 42.5 Å². The van der Waals surface area contributed by atoms with Gasteiger partial charge in [0.2, 0.25) is 0 Å². The molecule has 9 rings (SSSR count). The number of rotatable bonds is 4. The van der Waals surface area contributed by atoms with Crippen molar-refractivity contribution < 1.29 is 68.4 Å². The molecule has 9 aliphatic rings. The first-order valence-corrected chi connectivity index (χ1v) is 26.3. The summed E-state index contributed by atoms with van der Waals surface area (Å²) in [5.74, 6) is -2.57. The third-order valence-corrected chi connectivity index (χ3v) is 21.0. The van der Waals surface area contributed by atoms with Crippen molar-refractivity contribution in [3.63, 3.8) is 0 Å². The van der Waals surface area contributed by atoms with E-state index in [1.807, 2.05) is 0 Å². The molecule has 0 radical (unpaired) electrons. The molecule has 5 aliphatic heterocycles. The third-order valence-electron chi connectivity index (χ3n) is 15.4. The van der Waals surface area contributed by atoms with Gasteiger partial charge in [0.25, 0.3) is 40.5 Å². The largest absolute Gasteiger partial charge is 0.286 e. The van der Waals surface area contributed by atoms with Gasteiger partial charge in [0.05, 0.1) is 49.3 Å². The van der Waals surface area contributed by atoms with Crippen molar-refractivity contribution in [1.29, 1.82) is 0 Å². The first-order chi connectivity index (χ1) is 26.3. The molecule has 0 aromatic rings. The molecule has 8 bridgehead atoms. The first-order valence-electron chi connectivity index (χ1n) is 20.2. The predicted molar refractivity (Wildman–Crippen MR) is 200 cm³/mol. The maximum Gasteiger partial charge on any atom is 0.270 e. The van der Waals surface area contributed by atoms with Crippen molar-refractivity contribution in [2.24, 2.45) is 47.3 Å². The Morgan fingerprint density at radius 1 is 0.298 bits per heavy atom. The van der Waals surface area contributed by atoms with E-state index < -0.39 is 98.0 Å². The summed E-state index contributed by atoms with van der Waals surface area (Å²) in [5, 5.41) is 17.7. The van der Waals surface area contributed by atoms with Crippen LogP contribution in [0.15, 0.2) is 0 Å². The summed E-state index contributed by atoms with van der Waals surface area (Å²) < 4.78 is 149. The summed E-state index contributed by atoms with van der Waals surface area (Å²) in [4.78, 5) is 0. The molecule has 0 amide bonds. The van der Waals surface area contributed by atoms with Crippen molar-refractivity contribution in [3.05, 3.63) is 0 Å². The summed E-state index contributed by atoms with van der Waals surface area (Å²) in [7, 11) is -23.0. The van der Waals surface area contributed by atoms with Gasteiger partial charge in [-0.3, -0.25) is 60.7 Å². The van der Waals surface area contributed by atoms with Crippen LogP contribution in [0.1, 0.15) is 77.0 Å². The van der Waals surface area contributed by atoms with Gasteiger partial charge in [-0.1, -0.05) is 38.5 Å². The third kappa shape index (κ3) is 7.71. The normalized spacial score (nSPS) is 50.2. The monoisotopic (exact) mass is 930 g/mol. The second kappa shape index (κ2) is 15.6. The minimum Gasteiger partial charge on any atom is -0.286 e. The zero-order valence-corrected chi connectivity index (χ0v) is 35.3. The van der Waals surface area contributed by atoms with Crippen LogP contribution in [0, 0.1) is 47.3 Å². The average molecular weight is 932 g/mol. The van der Waals surface area contributed by atoms with Crippen LogP contribution in [-0.4, -0.2) is 122 Å². The standard InChI is InChI=1S/C32H56N8O12S4.Ni/c41-53(42,43)21-19-20(22(54(44,45)46)24(56(50,51)52)23(21)55(47,48)49)32-39-30-18-12-6-4-10-16(18)28(37-30)35-26-14-8-2-1-7-13(14)25(33-26)34-27-15-9-3-5-11-17(15)29(36-27)38-31(19)40-32;/h13-40H,1-12H2,(H,41,42,43)(H,44,45,46)(H,47,48,49)(H,50,51,52);.